The van der Waals surface area contributed by atoms with E-state index in [4.69, 9.17) is 4.74 Å². The number of carbonyl (C=O) groups excluding carboxylic acids is 1. The van der Waals surface area contributed by atoms with Gasteiger partial charge in [-0.05, 0) is 19.3 Å². The van der Waals surface area contributed by atoms with Crippen molar-refractivity contribution in [2.45, 2.75) is 90.9 Å². The lowest BCUT2D eigenvalue weighted by Crippen LogP contribution is -3.00. The van der Waals surface area contributed by atoms with Crippen molar-refractivity contribution in [3.05, 3.63) is 0 Å². The largest absolute Gasteiger partial charge is 1.00 e. The molecular weight excluding hydrogens is 392 g/mol. The summed E-state index contributed by atoms with van der Waals surface area (Å²) in [5, 5.41) is 2.79. The van der Waals surface area contributed by atoms with Gasteiger partial charge in [0, 0.05) is 6.54 Å². The molecule has 0 aromatic heterocycles. The number of alkyl carbamates (subject to hydrolysis) is 1. The van der Waals surface area contributed by atoms with Crippen LogP contribution in [-0.4, -0.2) is 50.9 Å². The highest BCUT2D eigenvalue weighted by molar-refractivity contribution is 5.66. The minimum absolute atomic E-state index is 0. The number of rotatable bonds is 17. The van der Waals surface area contributed by atoms with Crippen LogP contribution in [0.3, 0.4) is 0 Å². The third kappa shape index (κ3) is 20.0. The van der Waals surface area contributed by atoms with Crippen molar-refractivity contribution >= 4 is 6.09 Å². The molecule has 1 N–H and O–H groups in total. The highest BCUT2D eigenvalue weighted by atomic mass is 79.9. The van der Waals surface area contributed by atoms with Gasteiger partial charge in [0.05, 0.1) is 20.6 Å². The zero-order chi connectivity index (χ0) is 18.8. The number of carbonyl (C=O) groups is 1. The van der Waals surface area contributed by atoms with Crippen LogP contribution in [0.5, 0.6) is 0 Å². The second-order valence-electron chi connectivity index (χ2n) is 7.98. The first kappa shape index (κ1) is 27.9. The second-order valence-corrected chi connectivity index (χ2v) is 7.98. The average molecular weight is 438 g/mol. The molecule has 0 aromatic rings. The Morgan fingerprint density at radius 3 is 1.81 bits per heavy atom. The molecule has 0 atom stereocenters. The first-order valence-corrected chi connectivity index (χ1v) is 10.7. The third-order valence-corrected chi connectivity index (χ3v) is 4.85. The molecule has 0 radical (unpaired) electrons. The number of nitrogens with one attached hydrogen (secondary N) is 1. The maximum atomic E-state index is 11.5. The van der Waals surface area contributed by atoms with Crippen molar-refractivity contribution in [2.75, 3.05) is 40.3 Å². The molecule has 0 aliphatic rings. The maximum Gasteiger partial charge on any atom is 0.407 e. The lowest BCUT2D eigenvalue weighted by molar-refractivity contribution is -0.890. The Balaban J connectivity index is 0. The van der Waals surface area contributed by atoms with Crippen LogP contribution in [0, 0.1) is 0 Å². The number of ether oxygens (including phenoxy) is 1. The predicted octanol–water partition coefficient (Wildman–Crippen LogP) is 2.51. The number of unbranched alkanes of at least 4 members (excludes halogenated alkanes) is 10. The molecule has 0 bridgehead atoms. The number of halogens is 1. The quantitative estimate of drug-likeness (QED) is 0.281. The molecule has 0 aliphatic heterocycles. The number of likely N-dealkylation sites (N-methyl/N-ethyl adjacent to an activating group) is 1. The molecule has 0 spiro atoms. The Bertz CT molecular complexity index is 312. The first-order chi connectivity index (χ1) is 12.0. The van der Waals surface area contributed by atoms with Gasteiger partial charge in [-0.2, -0.15) is 0 Å². The van der Waals surface area contributed by atoms with Gasteiger partial charge in [-0.3, -0.25) is 0 Å². The Morgan fingerprint density at radius 2 is 1.27 bits per heavy atom. The molecular formula is C21H45BrN2O2. The van der Waals surface area contributed by atoms with Crippen molar-refractivity contribution in [1.82, 2.24) is 5.32 Å². The van der Waals surface area contributed by atoms with Gasteiger partial charge in [0.15, 0.2) is 0 Å². The number of hydrogen-bond donors (Lipinski definition) is 1. The van der Waals surface area contributed by atoms with E-state index in [1.165, 1.54) is 64.2 Å². The molecule has 1 amide bonds. The van der Waals surface area contributed by atoms with Crippen LogP contribution in [0.4, 0.5) is 4.79 Å². The Morgan fingerprint density at radius 1 is 0.769 bits per heavy atom. The van der Waals surface area contributed by atoms with Crippen molar-refractivity contribution in [3.63, 3.8) is 0 Å². The summed E-state index contributed by atoms with van der Waals surface area (Å²) < 4.78 is 6.19. The van der Waals surface area contributed by atoms with Crippen LogP contribution in [0.15, 0.2) is 0 Å². The highest BCUT2D eigenvalue weighted by Gasteiger charge is 2.15. The standard InChI is InChI=1S/C21H44N2O2.BrH/c1-5-7-9-10-11-12-13-14-15-16-18-23(3,4)19-20-25-21(24)22-17-8-6-2;/h5-20H2,1-4H3;1H. The van der Waals surface area contributed by atoms with Gasteiger partial charge in [-0.15, -0.1) is 0 Å². The predicted molar refractivity (Wildman–Crippen MR) is 108 cm³/mol. The zero-order valence-electron chi connectivity index (χ0n) is 18.0. The molecule has 0 heterocycles. The van der Waals surface area contributed by atoms with Crippen molar-refractivity contribution in [2.24, 2.45) is 0 Å². The van der Waals surface area contributed by atoms with Gasteiger partial charge in [-0.25, -0.2) is 4.79 Å². The number of hydrogen-bond acceptors (Lipinski definition) is 2. The van der Waals surface area contributed by atoms with E-state index in [1.807, 2.05) is 0 Å². The van der Waals surface area contributed by atoms with E-state index in [0.717, 1.165) is 30.4 Å². The van der Waals surface area contributed by atoms with Gasteiger partial charge in [0.2, 0.25) is 0 Å². The smallest absolute Gasteiger partial charge is 0.407 e. The Hall–Kier alpha value is -0.290. The fourth-order valence-corrected chi connectivity index (χ4v) is 2.94. The van der Waals surface area contributed by atoms with E-state index in [-0.39, 0.29) is 23.1 Å². The van der Waals surface area contributed by atoms with E-state index < -0.39 is 0 Å². The van der Waals surface area contributed by atoms with Gasteiger partial charge in [0.25, 0.3) is 0 Å². The highest BCUT2D eigenvalue weighted by Crippen LogP contribution is 2.11. The van der Waals surface area contributed by atoms with Crippen molar-refractivity contribution in [1.29, 1.82) is 0 Å². The molecule has 0 aromatic carbocycles. The number of nitrogens with zero attached hydrogens (tertiary/aromatic N) is 1. The molecule has 5 heteroatoms. The summed E-state index contributed by atoms with van der Waals surface area (Å²) in [7, 11) is 4.46. The van der Waals surface area contributed by atoms with E-state index >= 15 is 0 Å². The number of amides is 1. The topological polar surface area (TPSA) is 38.3 Å². The summed E-state index contributed by atoms with van der Waals surface area (Å²) in [6.45, 7) is 7.65. The van der Waals surface area contributed by atoms with Crippen LogP contribution in [0.2, 0.25) is 0 Å². The van der Waals surface area contributed by atoms with Gasteiger partial charge in [-0.1, -0.05) is 71.6 Å². The molecule has 0 saturated heterocycles. The molecule has 4 nitrogen and oxygen atoms in total. The van der Waals surface area contributed by atoms with Crippen LogP contribution in [-0.2, 0) is 4.74 Å². The van der Waals surface area contributed by atoms with Gasteiger partial charge >= 0.3 is 6.09 Å². The summed E-state index contributed by atoms with van der Waals surface area (Å²) in [6.07, 6.45) is 15.6. The van der Waals surface area contributed by atoms with E-state index in [0.29, 0.717) is 13.2 Å². The third-order valence-electron chi connectivity index (χ3n) is 4.85. The van der Waals surface area contributed by atoms with E-state index in [2.05, 4.69) is 33.3 Å². The fourth-order valence-electron chi connectivity index (χ4n) is 2.94. The van der Waals surface area contributed by atoms with Crippen LogP contribution >= 0.6 is 0 Å². The van der Waals surface area contributed by atoms with Crippen molar-refractivity contribution < 1.29 is 31.0 Å². The molecule has 0 aliphatic carbocycles. The molecule has 26 heavy (non-hydrogen) atoms. The summed E-state index contributed by atoms with van der Waals surface area (Å²) in [4.78, 5) is 11.5. The average Bonchev–Trinajstić information content (AvgIpc) is 2.56. The monoisotopic (exact) mass is 436 g/mol. The Kier molecular flexibility index (Phi) is 20.9. The van der Waals surface area contributed by atoms with Crippen molar-refractivity contribution in [3.8, 4) is 0 Å². The fraction of sp³-hybridized carbons (Fsp3) is 0.952. The number of quaternary nitrogens is 1. The molecule has 158 valence electrons. The van der Waals surface area contributed by atoms with Crippen LogP contribution in [0.25, 0.3) is 0 Å². The van der Waals surface area contributed by atoms with Crippen LogP contribution in [0.1, 0.15) is 90.9 Å². The summed E-state index contributed by atoms with van der Waals surface area (Å²) in [6, 6.07) is 0. The van der Waals surface area contributed by atoms with E-state index in [1.54, 1.807) is 0 Å². The molecule has 0 saturated carbocycles. The Labute approximate surface area is 173 Å². The lowest BCUT2D eigenvalue weighted by Gasteiger charge is -2.29. The minimum Gasteiger partial charge on any atom is -1.00 e. The second kappa shape index (κ2) is 19.5. The molecule has 0 unspecified atom stereocenters. The minimum atomic E-state index is -0.271. The molecule has 0 rings (SSSR count). The van der Waals surface area contributed by atoms with Gasteiger partial charge in [0.1, 0.15) is 13.2 Å². The maximum absolute atomic E-state index is 11.5. The van der Waals surface area contributed by atoms with Crippen LogP contribution < -0.4 is 22.3 Å². The SMILES string of the molecule is CCCCCCCCCCCC[N+](C)(C)CCOC(=O)NCCCC.[Br-]. The first-order valence-electron chi connectivity index (χ1n) is 10.7. The molecule has 0 fully saturated rings. The summed E-state index contributed by atoms with van der Waals surface area (Å²) >= 11 is 0. The summed E-state index contributed by atoms with van der Waals surface area (Å²) in [5.41, 5.74) is 0. The zero-order valence-corrected chi connectivity index (χ0v) is 19.5. The lowest BCUT2D eigenvalue weighted by atomic mass is 10.1. The van der Waals surface area contributed by atoms with E-state index in [9.17, 15) is 4.79 Å². The van der Waals surface area contributed by atoms with Gasteiger partial charge < -0.3 is 31.5 Å². The summed E-state index contributed by atoms with van der Waals surface area (Å²) in [5.74, 6) is 0. The normalized spacial score (nSPS) is 11.1.